The van der Waals surface area contributed by atoms with E-state index in [4.69, 9.17) is 9.84 Å². The highest BCUT2D eigenvalue weighted by Crippen LogP contribution is 2.21. The van der Waals surface area contributed by atoms with Crippen molar-refractivity contribution in [2.75, 3.05) is 6.61 Å². The Kier molecular flexibility index (Phi) is 6.89. The number of nitrogens with zero attached hydrogens (tertiary/aromatic N) is 1. The fraction of sp³-hybridized carbons (Fsp3) is 0.304. The van der Waals surface area contributed by atoms with Gasteiger partial charge in [-0.3, -0.25) is 9.59 Å². The van der Waals surface area contributed by atoms with Gasteiger partial charge in [-0.15, -0.1) is 0 Å². The van der Waals surface area contributed by atoms with Gasteiger partial charge in [0, 0.05) is 43.5 Å². The Hall–Kier alpha value is -3.28. The molecular formula is C23H26N2O4. The van der Waals surface area contributed by atoms with Crippen molar-refractivity contribution in [3.8, 4) is 5.75 Å². The monoisotopic (exact) mass is 394 g/mol. The number of carboxylic acids is 1. The zero-order valence-corrected chi connectivity index (χ0v) is 16.6. The lowest BCUT2D eigenvalue weighted by Gasteiger charge is -2.08. The van der Waals surface area contributed by atoms with E-state index in [1.807, 2.05) is 43.4 Å². The van der Waals surface area contributed by atoms with Crippen molar-refractivity contribution >= 4 is 22.8 Å². The van der Waals surface area contributed by atoms with Crippen LogP contribution in [-0.2, 0) is 29.6 Å². The number of hydrogen-bond acceptors (Lipinski definition) is 3. The van der Waals surface area contributed by atoms with E-state index in [-0.39, 0.29) is 12.3 Å². The summed E-state index contributed by atoms with van der Waals surface area (Å²) in [5.41, 5.74) is 3.34. The van der Waals surface area contributed by atoms with E-state index in [2.05, 4.69) is 28.2 Å². The maximum atomic E-state index is 12.2. The van der Waals surface area contributed by atoms with Crippen molar-refractivity contribution in [1.29, 1.82) is 0 Å². The van der Waals surface area contributed by atoms with Crippen molar-refractivity contribution in [3.63, 3.8) is 0 Å². The summed E-state index contributed by atoms with van der Waals surface area (Å²) in [6.45, 7) is 0.838. The van der Waals surface area contributed by atoms with Crippen LogP contribution in [0.3, 0.4) is 0 Å². The normalized spacial score (nSPS) is 10.8. The topological polar surface area (TPSA) is 80.6 Å². The Morgan fingerprint density at radius 3 is 2.59 bits per heavy atom. The molecule has 1 aromatic heterocycles. The molecule has 1 heterocycles. The number of rotatable bonds is 10. The van der Waals surface area contributed by atoms with Crippen molar-refractivity contribution < 1.29 is 19.4 Å². The van der Waals surface area contributed by atoms with Gasteiger partial charge in [0.2, 0.25) is 5.91 Å². The fourth-order valence-corrected chi connectivity index (χ4v) is 3.28. The first-order valence-electron chi connectivity index (χ1n) is 9.76. The molecule has 0 aliphatic rings. The van der Waals surface area contributed by atoms with E-state index in [1.165, 1.54) is 16.5 Å². The van der Waals surface area contributed by atoms with Crippen molar-refractivity contribution in [2.45, 2.75) is 32.2 Å². The highest BCUT2D eigenvalue weighted by molar-refractivity contribution is 5.85. The number of nitrogens with one attached hydrogen (secondary N) is 1. The molecule has 0 saturated carbocycles. The van der Waals surface area contributed by atoms with Crippen LogP contribution in [0.2, 0.25) is 0 Å². The van der Waals surface area contributed by atoms with Gasteiger partial charge in [-0.25, -0.2) is 0 Å². The molecule has 0 fully saturated rings. The van der Waals surface area contributed by atoms with Gasteiger partial charge in [0.15, 0.2) is 0 Å². The van der Waals surface area contributed by atoms with Crippen LogP contribution in [-0.4, -0.2) is 28.2 Å². The first kappa shape index (κ1) is 20.5. The highest BCUT2D eigenvalue weighted by atomic mass is 16.5. The van der Waals surface area contributed by atoms with Crippen LogP contribution in [0.5, 0.6) is 5.75 Å². The van der Waals surface area contributed by atoms with Gasteiger partial charge in [-0.1, -0.05) is 30.3 Å². The van der Waals surface area contributed by atoms with Gasteiger partial charge in [0.25, 0.3) is 0 Å². The number of carbonyl (C=O) groups is 2. The van der Waals surface area contributed by atoms with Crippen LogP contribution in [0, 0.1) is 0 Å². The number of carboxylic acid groups (broad SMARTS) is 1. The Morgan fingerprint density at radius 1 is 1.07 bits per heavy atom. The summed E-state index contributed by atoms with van der Waals surface area (Å²) in [7, 11) is 2.02. The van der Waals surface area contributed by atoms with Gasteiger partial charge in [0.1, 0.15) is 5.75 Å². The summed E-state index contributed by atoms with van der Waals surface area (Å²) in [6.07, 6.45) is 3.81. The van der Waals surface area contributed by atoms with E-state index in [1.54, 1.807) is 0 Å². The van der Waals surface area contributed by atoms with Crippen LogP contribution >= 0.6 is 0 Å². The molecule has 0 radical (unpaired) electrons. The minimum atomic E-state index is -0.819. The predicted molar refractivity (Wildman–Crippen MR) is 112 cm³/mol. The molecule has 6 nitrogen and oxygen atoms in total. The van der Waals surface area contributed by atoms with Gasteiger partial charge in [-0.2, -0.15) is 0 Å². The number of hydrogen-bond donors (Lipinski definition) is 2. The molecule has 0 aliphatic carbocycles. The lowest BCUT2D eigenvalue weighted by molar-refractivity contribution is -0.137. The van der Waals surface area contributed by atoms with Gasteiger partial charge in [-0.05, 0) is 42.2 Å². The third kappa shape index (κ3) is 5.85. The molecule has 1 amide bonds. The van der Waals surface area contributed by atoms with Crippen molar-refractivity contribution in [3.05, 3.63) is 65.9 Å². The predicted octanol–water partition coefficient (Wildman–Crippen LogP) is 3.67. The van der Waals surface area contributed by atoms with E-state index in [9.17, 15) is 9.59 Å². The fourth-order valence-electron chi connectivity index (χ4n) is 3.28. The van der Waals surface area contributed by atoms with Crippen LogP contribution in [0.25, 0.3) is 10.9 Å². The molecule has 29 heavy (non-hydrogen) atoms. The molecule has 3 aromatic rings. The Morgan fingerprint density at radius 2 is 1.83 bits per heavy atom. The molecule has 0 unspecified atom stereocenters. The first-order chi connectivity index (χ1) is 14.0. The minimum absolute atomic E-state index is 0.0203. The van der Waals surface area contributed by atoms with Gasteiger partial charge in [0.05, 0.1) is 6.61 Å². The van der Waals surface area contributed by atoms with E-state index >= 15 is 0 Å². The lowest BCUT2D eigenvalue weighted by atomic mass is 10.1. The van der Waals surface area contributed by atoms with Crippen LogP contribution in [0.4, 0.5) is 0 Å². The number of carbonyl (C=O) groups excluding carboxylic acids is 1. The van der Waals surface area contributed by atoms with E-state index in [0.717, 1.165) is 5.56 Å². The largest absolute Gasteiger partial charge is 0.494 e. The number of amides is 1. The average molecular weight is 394 g/mol. The SMILES string of the molecule is Cn1cc(CCC(=O)NCc2ccc(OCCCC(=O)O)cc2)c2ccccc21. The Bertz CT molecular complexity index is 976. The number of benzene rings is 2. The summed E-state index contributed by atoms with van der Waals surface area (Å²) in [4.78, 5) is 22.7. The van der Waals surface area contributed by atoms with Crippen molar-refractivity contribution in [1.82, 2.24) is 9.88 Å². The summed E-state index contributed by atoms with van der Waals surface area (Å²) in [5, 5.41) is 12.8. The third-order valence-electron chi connectivity index (χ3n) is 4.82. The van der Waals surface area contributed by atoms with Crippen LogP contribution in [0.1, 0.15) is 30.4 Å². The summed E-state index contributed by atoms with van der Waals surface area (Å²) >= 11 is 0. The molecule has 2 aromatic carbocycles. The van der Waals surface area contributed by atoms with E-state index in [0.29, 0.717) is 38.2 Å². The smallest absolute Gasteiger partial charge is 0.303 e. The Labute approximate surface area is 170 Å². The number of fused-ring (bicyclic) bond motifs is 1. The highest BCUT2D eigenvalue weighted by Gasteiger charge is 2.08. The standard InChI is InChI=1S/C23H26N2O4/c1-25-16-18(20-5-2-3-6-21(20)25)10-13-22(26)24-15-17-8-11-19(12-9-17)29-14-4-7-23(27)28/h2-3,5-6,8-9,11-12,16H,4,7,10,13-15H2,1H3,(H,24,26)(H,27,28). The number of ether oxygens (including phenoxy) is 1. The lowest BCUT2D eigenvalue weighted by Crippen LogP contribution is -2.22. The second kappa shape index (κ2) is 9.78. The second-order valence-corrected chi connectivity index (χ2v) is 7.05. The van der Waals surface area contributed by atoms with Crippen LogP contribution < -0.4 is 10.1 Å². The Balaban J connectivity index is 1.42. The molecule has 6 heteroatoms. The maximum absolute atomic E-state index is 12.2. The molecule has 0 atom stereocenters. The number of para-hydroxylation sites is 1. The van der Waals surface area contributed by atoms with Crippen LogP contribution in [0.15, 0.2) is 54.7 Å². The quantitative estimate of drug-likeness (QED) is 0.514. The molecular weight excluding hydrogens is 368 g/mol. The summed E-state index contributed by atoms with van der Waals surface area (Å²) in [6, 6.07) is 15.7. The maximum Gasteiger partial charge on any atom is 0.303 e. The summed E-state index contributed by atoms with van der Waals surface area (Å²) < 4.78 is 7.60. The molecule has 0 bridgehead atoms. The molecule has 152 valence electrons. The zero-order valence-electron chi connectivity index (χ0n) is 16.6. The minimum Gasteiger partial charge on any atom is -0.494 e. The van der Waals surface area contributed by atoms with Crippen molar-refractivity contribution in [2.24, 2.45) is 7.05 Å². The average Bonchev–Trinajstić information content (AvgIpc) is 3.05. The number of aromatic nitrogens is 1. The second-order valence-electron chi connectivity index (χ2n) is 7.05. The molecule has 0 spiro atoms. The van der Waals surface area contributed by atoms with Gasteiger partial charge < -0.3 is 19.7 Å². The molecule has 0 saturated heterocycles. The summed E-state index contributed by atoms with van der Waals surface area (Å²) in [5.74, 6) is -0.103. The third-order valence-corrected chi connectivity index (χ3v) is 4.82. The number of aliphatic carboxylic acids is 1. The molecule has 3 rings (SSSR count). The molecule has 0 aliphatic heterocycles. The zero-order chi connectivity index (χ0) is 20.6. The molecule has 2 N–H and O–H groups in total. The van der Waals surface area contributed by atoms with E-state index < -0.39 is 5.97 Å². The number of aryl methyl sites for hydroxylation is 2. The van der Waals surface area contributed by atoms with Gasteiger partial charge >= 0.3 is 5.97 Å². The first-order valence-corrected chi connectivity index (χ1v) is 9.76.